The second-order valence-corrected chi connectivity index (χ2v) is 6.04. The van der Waals surface area contributed by atoms with Gasteiger partial charge in [-0.15, -0.1) is 23.7 Å². The van der Waals surface area contributed by atoms with Crippen molar-refractivity contribution in [2.24, 2.45) is 0 Å². The Kier molecular flexibility index (Phi) is 5.58. The molecule has 1 aromatic heterocycles. The zero-order valence-corrected chi connectivity index (χ0v) is 13.4. The quantitative estimate of drug-likeness (QED) is 0.916. The predicted molar refractivity (Wildman–Crippen MR) is 89.0 cm³/mol. The van der Waals surface area contributed by atoms with Gasteiger partial charge in [0.25, 0.3) is 0 Å². The third-order valence-corrected chi connectivity index (χ3v) is 4.88. The van der Waals surface area contributed by atoms with Crippen LogP contribution in [0.5, 0.6) is 0 Å². The van der Waals surface area contributed by atoms with Gasteiger partial charge in [-0.1, -0.05) is 31.2 Å². The van der Waals surface area contributed by atoms with Gasteiger partial charge >= 0.3 is 0 Å². The van der Waals surface area contributed by atoms with Crippen molar-refractivity contribution in [1.29, 1.82) is 0 Å². The van der Waals surface area contributed by atoms with E-state index in [0.29, 0.717) is 5.92 Å². The lowest BCUT2D eigenvalue weighted by atomic mass is 9.99. The number of benzene rings is 1. The first-order chi connectivity index (χ1) is 9.36. The maximum absolute atomic E-state index is 4.85. The largest absolute Gasteiger partial charge is 0.317 e. The minimum Gasteiger partial charge on any atom is -0.317 e. The number of nitrogens with zero attached hydrogens (tertiary/aromatic N) is 1. The minimum absolute atomic E-state index is 0. The van der Waals surface area contributed by atoms with Crippen molar-refractivity contribution in [3.05, 3.63) is 40.2 Å². The van der Waals surface area contributed by atoms with Gasteiger partial charge in [0.05, 0.1) is 10.7 Å². The highest BCUT2D eigenvalue weighted by Gasteiger charge is 2.18. The van der Waals surface area contributed by atoms with E-state index < -0.39 is 0 Å². The van der Waals surface area contributed by atoms with E-state index in [1.54, 1.807) is 0 Å². The van der Waals surface area contributed by atoms with Crippen molar-refractivity contribution in [3.8, 4) is 11.3 Å². The molecule has 0 atom stereocenters. The van der Waals surface area contributed by atoms with E-state index in [2.05, 4.69) is 41.9 Å². The maximum atomic E-state index is 4.85. The van der Waals surface area contributed by atoms with E-state index in [0.717, 1.165) is 25.2 Å². The van der Waals surface area contributed by atoms with E-state index >= 15 is 0 Å². The third kappa shape index (κ3) is 3.40. The monoisotopic (exact) mass is 308 g/mol. The molecule has 1 aliphatic rings. The highest BCUT2D eigenvalue weighted by molar-refractivity contribution is 7.10. The summed E-state index contributed by atoms with van der Waals surface area (Å²) in [4.78, 5) is 4.85. The van der Waals surface area contributed by atoms with Gasteiger partial charge in [-0.2, -0.15) is 0 Å². The molecule has 0 bridgehead atoms. The molecule has 0 spiro atoms. The van der Waals surface area contributed by atoms with Crippen LogP contribution in [0.25, 0.3) is 11.3 Å². The van der Waals surface area contributed by atoms with Crippen molar-refractivity contribution >= 4 is 23.7 Å². The smallest absolute Gasteiger partial charge is 0.0964 e. The number of thiazole rings is 1. The summed E-state index contributed by atoms with van der Waals surface area (Å²) in [7, 11) is 0. The van der Waals surface area contributed by atoms with Crippen molar-refractivity contribution in [2.75, 3.05) is 13.1 Å². The van der Waals surface area contributed by atoms with Crippen LogP contribution in [0.1, 0.15) is 36.3 Å². The number of piperidine rings is 1. The number of aromatic nitrogens is 1. The Morgan fingerprint density at radius 3 is 2.55 bits per heavy atom. The molecule has 4 heteroatoms. The van der Waals surface area contributed by atoms with Crippen LogP contribution in [-0.4, -0.2) is 18.1 Å². The van der Waals surface area contributed by atoms with Crippen molar-refractivity contribution in [1.82, 2.24) is 10.3 Å². The molecule has 2 nitrogen and oxygen atoms in total. The van der Waals surface area contributed by atoms with Crippen molar-refractivity contribution in [2.45, 2.75) is 32.1 Å². The molecule has 0 unspecified atom stereocenters. The van der Waals surface area contributed by atoms with Gasteiger partial charge < -0.3 is 5.32 Å². The first-order valence-electron chi connectivity index (χ1n) is 7.12. The maximum Gasteiger partial charge on any atom is 0.0964 e. The van der Waals surface area contributed by atoms with Gasteiger partial charge in [-0.3, -0.25) is 0 Å². The van der Waals surface area contributed by atoms with Crippen molar-refractivity contribution < 1.29 is 0 Å². The molecular formula is C16H21ClN2S. The zero-order valence-electron chi connectivity index (χ0n) is 11.8. The Morgan fingerprint density at radius 1 is 1.20 bits per heavy atom. The van der Waals surface area contributed by atoms with Gasteiger partial charge in [0.2, 0.25) is 0 Å². The summed E-state index contributed by atoms with van der Waals surface area (Å²) in [6.45, 7) is 4.45. The van der Waals surface area contributed by atoms with Crippen LogP contribution in [-0.2, 0) is 6.42 Å². The Hall–Kier alpha value is -0.900. The summed E-state index contributed by atoms with van der Waals surface area (Å²) in [6, 6.07) is 8.80. The molecular weight excluding hydrogens is 288 g/mol. The van der Waals surface area contributed by atoms with Gasteiger partial charge in [0.15, 0.2) is 0 Å². The van der Waals surface area contributed by atoms with E-state index in [-0.39, 0.29) is 12.4 Å². The number of hydrogen-bond donors (Lipinski definition) is 1. The summed E-state index contributed by atoms with van der Waals surface area (Å²) in [5.41, 5.74) is 3.77. The van der Waals surface area contributed by atoms with Crippen LogP contribution in [0, 0.1) is 0 Å². The van der Waals surface area contributed by atoms with E-state index in [1.807, 2.05) is 11.3 Å². The average molecular weight is 309 g/mol. The second-order valence-electron chi connectivity index (χ2n) is 5.15. The molecule has 1 aromatic carbocycles. The standard InChI is InChI=1S/C16H20N2S.ClH/c1-2-12-3-5-13(6-4-12)15-11-19-16(18-15)14-7-9-17-10-8-14;/h3-6,11,14,17H,2,7-10H2,1H3;1H. The molecule has 0 saturated carbocycles. The third-order valence-electron chi connectivity index (χ3n) is 3.87. The van der Waals surface area contributed by atoms with Crippen molar-refractivity contribution in [3.63, 3.8) is 0 Å². The van der Waals surface area contributed by atoms with E-state index in [1.165, 1.54) is 29.0 Å². The summed E-state index contributed by atoms with van der Waals surface area (Å²) in [6.07, 6.45) is 3.54. The minimum atomic E-state index is 0. The molecule has 108 valence electrons. The Labute approximate surface area is 131 Å². The summed E-state index contributed by atoms with van der Waals surface area (Å²) < 4.78 is 0. The van der Waals surface area contributed by atoms with Gasteiger partial charge in [-0.25, -0.2) is 4.98 Å². The molecule has 1 aliphatic heterocycles. The fourth-order valence-corrected chi connectivity index (χ4v) is 3.59. The number of rotatable bonds is 3. The molecule has 3 rings (SSSR count). The molecule has 0 radical (unpaired) electrons. The number of hydrogen-bond acceptors (Lipinski definition) is 3. The summed E-state index contributed by atoms with van der Waals surface area (Å²) in [5, 5.41) is 6.93. The van der Waals surface area contributed by atoms with E-state index in [4.69, 9.17) is 4.98 Å². The summed E-state index contributed by atoms with van der Waals surface area (Å²) in [5.74, 6) is 0.662. The Bertz CT molecular complexity index is 530. The molecule has 1 N–H and O–H groups in total. The lowest BCUT2D eigenvalue weighted by Crippen LogP contribution is -2.26. The molecule has 1 saturated heterocycles. The van der Waals surface area contributed by atoms with Crippen LogP contribution in [0.2, 0.25) is 0 Å². The number of aryl methyl sites for hydroxylation is 1. The first-order valence-corrected chi connectivity index (χ1v) is 8.00. The Morgan fingerprint density at radius 2 is 1.90 bits per heavy atom. The normalized spacial score (nSPS) is 15.8. The topological polar surface area (TPSA) is 24.9 Å². The van der Waals surface area contributed by atoms with Crippen LogP contribution in [0.4, 0.5) is 0 Å². The lowest BCUT2D eigenvalue weighted by molar-refractivity contribution is 0.459. The zero-order chi connectivity index (χ0) is 13.1. The Balaban J connectivity index is 0.00000147. The highest BCUT2D eigenvalue weighted by atomic mass is 35.5. The number of nitrogens with one attached hydrogen (secondary N) is 1. The molecule has 0 aliphatic carbocycles. The predicted octanol–water partition coefficient (Wildman–Crippen LogP) is 4.26. The molecule has 2 aromatic rings. The fourth-order valence-electron chi connectivity index (χ4n) is 2.59. The van der Waals surface area contributed by atoms with E-state index in [9.17, 15) is 0 Å². The SMILES string of the molecule is CCc1ccc(-c2csc(C3CCNCC3)n2)cc1.Cl. The molecule has 2 heterocycles. The number of halogens is 1. The molecule has 1 fully saturated rings. The van der Waals surface area contributed by atoms with Gasteiger partial charge in [0.1, 0.15) is 0 Å². The average Bonchev–Trinajstić information content (AvgIpc) is 2.98. The van der Waals surface area contributed by atoms with Crippen LogP contribution < -0.4 is 5.32 Å². The highest BCUT2D eigenvalue weighted by Crippen LogP contribution is 2.31. The first kappa shape index (κ1) is 15.5. The fraction of sp³-hybridized carbons (Fsp3) is 0.438. The van der Waals surface area contributed by atoms with Crippen LogP contribution in [0.3, 0.4) is 0 Å². The van der Waals surface area contributed by atoms with Gasteiger partial charge in [0, 0.05) is 16.9 Å². The lowest BCUT2D eigenvalue weighted by Gasteiger charge is -2.20. The van der Waals surface area contributed by atoms with Crippen LogP contribution >= 0.6 is 23.7 Å². The molecule has 20 heavy (non-hydrogen) atoms. The summed E-state index contributed by atoms with van der Waals surface area (Å²) >= 11 is 1.82. The van der Waals surface area contributed by atoms with Gasteiger partial charge in [-0.05, 0) is 37.9 Å². The molecule has 0 amide bonds. The second kappa shape index (κ2) is 7.21. The van der Waals surface area contributed by atoms with Crippen LogP contribution in [0.15, 0.2) is 29.6 Å².